The highest BCUT2D eigenvalue weighted by molar-refractivity contribution is 7.14. The first kappa shape index (κ1) is 16.9. The van der Waals surface area contributed by atoms with Crippen LogP contribution in [0.3, 0.4) is 0 Å². The summed E-state index contributed by atoms with van der Waals surface area (Å²) in [7, 11) is 0. The SMILES string of the molecule is O=C(Nc1nc(-c2ccc(F)cc2)cs1)c1nn(-c2ccccc2)c(=O)[nH]1. The van der Waals surface area contributed by atoms with E-state index in [1.54, 1.807) is 41.8 Å². The normalized spacial score (nSPS) is 10.7. The highest BCUT2D eigenvalue weighted by Gasteiger charge is 2.16. The number of nitrogens with one attached hydrogen (secondary N) is 2. The number of carbonyl (C=O) groups excluding carboxylic acids is 1. The van der Waals surface area contributed by atoms with Gasteiger partial charge < -0.3 is 0 Å². The Morgan fingerprint density at radius 2 is 1.85 bits per heavy atom. The zero-order chi connectivity index (χ0) is 18.8. The number of rotatable bonds is 4. The standard InChI is InChI=1S/C18H12FN5O2S/c19-12-8-6-11(7-9-12)14-10-27-17(20-14)22-16(25)15-21-18(26)24(23-15)13-4-2-1-3-5-13/h1-10H,(H,20,22,25)(H,21,23,26). The Hall–Kier alpha value is -3.59. The fourth-order valence-electron chi connectivity index (χ4n) is 2.41. The third kappa shape index (κ3) is 3.53. The van der Waals surface area contributed by atoms with Crippen molar-refractivity contribution in [2.75, 3.05) is 5.32 Å². The number of aromatic amines is 1. The maximum absolute atomic E-state index is 13.0. The molecule has 2 aromatic carbocycles. The Morgan fingerprint density at radius 3 is 2.59 bits per heavy atom. The number of para-hydroxylation sites is 1. The molecule has 2 aromatic heterocycles. The molecule has 0 radical (unpaired) electrons. The number of hydrogen-bond acceptors (Lipinski definition) is 5. The van der Waals surface area contributed by atoms with Crippen LogP contribution in [-0.2, 0) is 0 Å². The Kier molecular flexibility index (Phi) is 4.35. The van der Waals surface area contributed by atoms with Crippen LogP contribution in [0.25, 0.3) is 16.9 Å². The van der Waals surface area contributed by atoms with E-state index < -0.39 is 11.6 Å². The molecular weight excluding hydrogens is 369 g/mol. The van der Waals surface area contributed by atoms with Crippen LogP contribution in [-0.4, -0.2) is 25.7 Å². The molecule has 0 saturated heterocycles. The van der Waals surface area contributed by atoms with Gasteiger partial charge in [0.1, 0.15) is 5.82 Å². The van der Waals surface area contributed by atoms with Crippen molar-refractivity contribution >= 4 is 22.4 Å². The molecule has 0 aliphatic carbocycles. The lowest BCUT2D eigenvalue weighted by Gasteiger charge is -1.99. The van der Waals surface area contributed by atoms with Crippen molar-refractivity contribution in [1.29, 1.82) is 0 Å². The van der Waals surface area contributed by atoms with Gasteiger partial charge in [-0.1, -0.05) is 18.2 Å². The van der Waals surface area contributed by atoms with Gasteiger partial charge in [0.05, 0.1) is 11.4 Å². The number of halogens is 1. The smallest absolute Gasteiger partial charge is 0.295 e. The zero-order valence-electron chi connectivity index (χ0n) is 13.7. The predicted octanol–water partition coefficient (Wildman–Crippen LogP) is 3.08. The molecule has 2 N–H and O–H groups in total. The van der Waals surface area contributed by atoms with Crippen LogP contribution in [0.15, 0.2) is 64.8 Å². The minimum atomic E-state index is -0.582. The second-order valence-corrected chi connectivity index (χ2v) is 6.38. The van der Waals surface area contributed by atoms with Gasteiger partial charge in [-0.05, 0) is 36.4 Å². The number of benzene rings is 2. The number of H-pyrrole nitrogens is 1. The summed E-state index contributed by atoms with van der Waals surface area (Å²) in [4.78, 5) is 31.1. The third-order valence-corrected chi connectivity index (χ3v) is 4.46. The molecule has 4 aromatic rings. The number of thiazole rings is 1. The molecule has 9 heteroatoms. The van der Waals surface area contributed by atoms with E-state index in [0.29, 0.717) is 16.5 Å². The third-order valence-electron chi connectivity index (χ3n) is 3.70. The average molecular weight is 381 g/mol. The molecule has 0 fully saturated rings. The van der Waals surface area contributed by atoms with E-state index in [1.165, 1.54) is 23.5 Å². The van der Waals surface area contributed by atoms with E-state index in [4.69, 9.17) is 0 Å². The fraction of sp³-hybridized carbons (Fsp3) is 0. The van der Waals surface area contributed by atoms with Crippen molar-refractivity contribution in [3.63, 3.8) is 0 Å². The van der Waals surface area contributed by atoms with Crippen molar-refractivity contribution in [3.05, 3.63) is 82.1 Å². The molecule has 0 spiro atoms. The fourth-order valence-corrected chi connectivity index (χ4v) is 3.13. The van der Waals surface area contributed by atoms with Gasteiger partial charge in [0.15, 0.2) is 5.13 Å². The topological polar surface area (TPSA) is 92.7 Å². The van der Waals surface area contributed by atoms with E-state index in [0.717, 1.165) is 10.2 Å². The lowest BCUT2D eigenvalue weighted by atomic mass is 10.2. The number of carbonyl (C=O) groups is 1. The van der Waals surface area contributed by atoms with Crippen LogP contribution in [0.4, 0.5) is 9.52 Å². The van der Waals surface area contributed by atoms with Gasteiger partial charge in [0.25, 0.3) is 5.91 Å². The summed E-state index contributed by atoms with van der Waals surface area (Å²) in [6, 6.07) is 14.7. The summed E-state index contributed by atoms with van der Waals surface area (Å²) < 4.78 is 14.1. The summed E-state index contributed by atoms with van der Waals surface area (Å²) in [6.45, 7) is 0. The largest absolute Gasteiger partial charge is 0.348 e. The summed E-state index contributed by atoms with van der Waals surface area (Å²) >= 11 is 1.22. The molecule has 1 amide bonds. The van der Waals surface area contributed by atoms with Crippen LogP contribution in [0.1, 0.15) is 10.6 Å². The number of nitrogens with zero attached hydrogens (tertiary/aromatic N) is 3. The molecule has 0 aliphatic rings. The molecule has 0 saturated carbocycles. The Bertz CT molecular complexity index is 1150. The van der Waals surface area contributed by atoms with Crippen LogP contribution in [0, 0.1) is 5.82 Å². The van der Waals surface area contributed by atoms with Crippen molar-refractivity contribution < 1.29 is 9.18 Å². The van der Waals surface area contributed by atoms with E-state index in [2.05, 4.69) is 20.4 Å². The molecule has 0 atom stereocenters. The van der Waals surface area contributed by atoms with Gasteiger partial charge in [0.2, 0.25) is 5.82 Å². The van der Waals surface area contributed by atoms with Gasteiger partial charge in [-0.2, -0.15) is 4.68 Å². The van der Waals surface area contributed by atoms with E-state index in [-0.39, 0.29) is 11.6 Å². The van der Waals surface area contributed by atoms with Gasteiger partial charge >= 0.3 is 5.69 Å². The maximum Gasteiger partial charge on any atom is 0.348 e. The molecule has 7 nitrogen and oxygen atoms in total. The summed E-state index contributed by atoms with van der Waals surface area (Å²) in [5.74, 6) is -1.04. The molecule has 2 heterocycles. The van der Waals surface area contributed by atoms with E-state index in [1.807, 2.05) is 6.07 Å². The van der Waals surface area contributed by atoms with Crippen LogP contribution < -0.4 is 11.0 Å². The molecule has 4 rings (SSSR count). The van der Waals surface area contributed by atoms with E-state index >= 15 is 0 Å². The van der Waals surface area contributed by atoms with Crippen molar-refractivity contribution in [2.24, 2.45) is 0 Å². The van der Waals surface area contributed by atoms with Crippen molar-refractivity contribution in [1.82, 2.24) is 19.7 Å². The minimum absolute atomic E-state index is 0.123. The maximum atomic E-state index is 13.0. The molecule has 0 unspecified atom stereocenters. The second kappa shape index (κ2) is 6.96. The van der Waals surface area contributed by atoms with Gasteiger partial charge in [-0.15, -0.1) is 16.4 Å². The number of aromatic nitrogens is 4. The van der Waals surface area contributed by atoms with E-state index in [9.17, 15) is 14.0 Å². The Morgan fingerprint density at radius 1 is 1.11 bits per heavy atom. The van der Waals surface area contributed by atoms with Crippen molar-refractivity contribution in [2.45, 2.75) is 0 Å². The van der Waals surface area contributed by atoms with Gasteiger partial charge in [-0.25, -0.2) is 14.2 Å². The average Bonchev–Trinajstić information content (AvgIpc) is 3.30. The molecule has 27 heavy (non-hydrogen) atoms. The molecule has 0 aliphatic heterocycles. The van der Waals surface area contributed by atoms with Crippen molar-refractivity contribution in [3.8, 4) is 16.9 Å². The lowest BCUT2D eigenvalue weighted by Crippen LogP contribution is -2.15. The van der Waals surface area contributed by atoms with Gasteiger partial charge in [-0.3, -0.25) is 15.1 Å². The van der Waals surface area contributed by atoms with Crippen LogP contribution in [0.2, 0.25) is 0 Å². The molecular formula is C18H12FN5O2S. The molecule has 0 bridgehead atoms. The first-order chi connectivity index (χ1) is 13.1. The predicted molar refractivity (Wildman–Crippen MR) is 99.6 cm³/mol. The number of anilines is 1. The van der Waals surface area contributed by atoms with Gasteiger partial charge in [0, 0.05) is 10.9 Å². The number of amides is 1. The Balaban J connectivity index is 1.53. The highest BCUT2D eigenvalue weighted by Crippen LogP contribution is 2.25. The highest BCUT2D eigenvalue weighted by atomic mass is 32.1. The van der Waals surface area contributed by atoms with Crippen LogP contribution in [0.5, 0.6) is 0 Å². The van der Waals surface area contributed by atoms with Crippen LogP contribution >= 0.6 is 11.3 Å². The number of hydrogen-bond donors (Lipinski definition) is 2. The first-order valence-corrected chi connectivity index (χ1v) is 8.76. The Labute approximate surface area is 156 Å². The quantitative estimate of drug-likeness (QED) is 0.568. The summed E-state index contributed by atoms with van der Waals surface area (Å²) in [6.07, 6.45) is 0. The summed E-state index contributed by atoms with van der Waals surface area (Å²) in [5, 5.41) is 8.71. The summed E-state index contributed by atoms with van der Waals surface area (Å²) in [5.41, 5.74) is 1.37. The zero-order valence-corrected chi connectivity index (χ0v) is 14.5. The second-order valence-electron chi connectivity index (χ2n) is 5.53. The minimum Gasteiger partial charge on any atom is -0.295 e. The first-order valence-electron chi connectivity index (χ1n) is 7.88. The molecule has 134 valence electrons. The lowest BCUT2D eigenvalue weighted by molar-refractivity contribution is 0.101. The monoisotopic (exact) mass is 381 g/mol.